The van der Waals surface area contributed by atoms with Crippen LogP contribution < -0.4 is 4.80 Å². The normalized spacial score (nSPS) is 12.3. The number of benzene rings is 1. The molecule has 2 heterocycles. The number of rotatable bonds is 6. The summed E-state index contributed by atoms with van der Waals surface area (Å²) in [5.41, 5.74) is 1.86. The van der Waals surface area contributed by atoms with E-state index in [2.05, 4.69) is 26.0 Å². The number of halogens is 1. The van der Waals surface area contributed by atoms with Crippen LogP contribution in [0.2, 0.25) is 0 Å². The van der Waals surface area contributed by atoms with Crippen molar-refractivity contribution in [3.05, 3.63) is 62.9 Å². The van der Waals surface area contributed by atoms with Gasteiger partial charge in [0.15, 0.2) is 5.76 Å². The molecule has 0 radical (unpaired) electrons. The zero-order valence-electron chi connectivity index (χ0n) is 13.1. The fourth-order valence-electron chi connectivity index (χ4n) is 2.05. The minimum atomic E-state index is 0.571. The Morgan fingerprint density at radius 1 is 1.29 bits per heavy atom. The van der Waals surface area contributed by atoms with Gasteiger partial charge in [-0.1, -0.05) is 34.1 Å². The molecular formula is C17H16BrN3O2S. The quantitative estimate of drug-likeness (QED) is 0.459. The molecule has 0 amide bonds. The topological polar surface area (TPSA) is 52.0 Å². The highest BCUT2D eigenvalue weighted by molar-refractivity contribution is 9.10. The van der Waals surface area contributed by atoms with Gasteiger partial charge in [-0.05, 0) is 18.2 Å². The van der Waals surface area contributed by atoms with Crippen LogP contribution in [0.3, 0.4) is 0 Å². The Kier molecular flexibility index (Phi) is 5.79. The molecule has 2 aromatic heterocycles. The van der Waals surface area contributed by atoms with Crippen molar-refractivity contribution in [1.82, 2.24) is 4.68 Å². The summed E-state index contributed by atoms with van der Waals surface area (Å²) >= 11 is 5.05. The summed E-state index contributed by atoms with van der Waals surface area (Å²) in [7, 11) is 1.66. The van der Waals surface area contributed by atoms with Gasteiger partial charge in [0.05, 0.1) is 25.6 Å². The predicted molar refractivity (Wildman–Crippen MR) is 99.5 cm³/mol. The van der Waals surface area contributed by atoms with Gasteiger partial charge in [-0.25, -0.2) is 4.68 Å². The summed E-state index contributed by atoms with van der Waals surface area (Å²) in [6.07, 6.45) is 3.45. The van der Waals surface area contributed by atoms with E-state index >= 15 is 0 Å². The van der Waals surface area contributed by atoms with E-state index < -0.39 is 0 Å². The molecule has 0 saturated heterocycles. The Hall–Kier alpha value is -1.96. The van der Waals surface area contributed by atoms with Crippen LogP contribution in [0.5, 0.6) is 0 Å². The average Bonchev–Trinajstić information content (AvgIpc) is 3.24. The minimum absolute atomic E-state index is 0.571. The molecule has 0 atom stereocenters. The number of thiazole rings is 1. The number of ether oxygens (including phenoxy) is 1. The fraction of sp³-hybridized carbons (Fsp3) is 0.176. The average molecular weight is 406 g/mol. The Morgan fingerprint density at radius 2 is 2.17 bits per heavy atom. The number of furan rings is 1. The van der Waals surface area contributed by atoms with Gasteiger partial charge in [0.2, 0.25) is 4.80 Å². The van der Waals surface area contributed by atoms with Crippen LogP contribution in [-0.2, 0) is 4.74 Å². The van der Waals surface area contributed by atoms with Crippen molar-refractivity contribution in [2.75, 3.05) is 20.3 Å². The highest BCUT2D eigenvalue weighted by atomic mass is 79.9. The summed E-state index contributed by atoms with van der Waals surface area (Å²) in [4.78, 5) is 5.34. The van der Waals surface area contributed by atoms with Gasteiger partial charge < -0.3 is 9.15 Å². The van der Waals surface area contributed by atoms with E-state index in [-0.39, 0.29) is 0 Å². The van der Waals surface area contributed by atoms with E-state index in [0.29, 0.717) is 13.2 Å². The minimum Gasteiger partial charge on any atom is -0.463 e. The van der Waals surface area contributed by atoms with Crippen LogP contribution in [0.25, 0.3) is 11.5 Å². The highest BCUT2D eigenvalue weighted by Crippen LogP contribution is 2.21. The molecule has 3 aromatic rings. The molecule has 0 aliphatic carbocycles. The molecule has 1 aromatic carbocycles. The van der Waals surface area contributed by atoms with Crippen molar-refractivity contribution < 1.29 is 9.15 Å². The molecule has 0 N–H and O–H groups in total. The van der Waals surface area contributed by atoms with E-state index in [9.17, 15) is 0 Å². The van der Waals surface area contributed by atoms with Crippen molar-refractivity contribution in [3.8, 4) is 11.5 Å². The zero-order valence-corrected chi connectivity index (χ0v) is 15.5. The monoisotopic (exact) mass is 405 g/mol. The van der Waals surface area contributed by atoms with Gasteiger partial charge in [0, 0.05) is 22.5 Å². The second-order valence-electron chi connectivity index (χ2n) is 4.83. The lowest BCUT2D eigenvalue weighted by molar-refractivity contribution is 0.207. The van der Waals surface area contributed by atoms with Crippen LogP contribution in [0.1, 0.15) is 5.56 Å². The molecule has 0 aliphatic heterocycles. The van der Waals surface area contributed by atoms with Crippen LogP contribution in [0.15, 0.2) is 67.0 Å². The zero-order chi connectivity index (χ0) is 16.8. The molecule has 0 fully saturated rings. The van der Waals surface area contributed by atoms with E-state index in [1.54, 1.807) is 24.3 Å². The third kappa shape index (κ3) is 3.92. The van der Waals surface area contributed by atoms with Crippen LogP contribution in [0.4, 0.5) is 0 Å². The molecule has 0 unspecified atom stereocenters. The molecule has 7 heteroatoms. The first kappa shape index (κ1) is 16.9. The summed E-state index contributed by atoms with van der Waals surface area (Å²) in [6.45, 7) is 1.15. The smallest absolute Gasteiger partial charge is 0.206 e. The van der Waals surface area contributed by atoms with Gasteiger partial charge in [0.25, 0.3) is 0 Å². The van der Waals surface area contributed by atoms with Crippen molar-refractivity contribution in [1.29, 1.82) is 0 Å². The molecular weight excluding hydrogens is 390 g/mol. The number of aromatic nitrogens is 1. The maximum absolute atomic E-state index is 5.51. The van der Waals surface area contributed by atoms with E-state index in [0.717, 1.165) is 26.3 Å². The first-order valence-corrected chi connectivity index (χ1v) is 8.99. The third-order valence-electron chi connectivity index (χ3n) is 3.22. The van der Waals surface area contributed by atoms with Crippen molar-refractivity contribution >= 4 is 33.5 Å². The summed E-state index contributed by atoms with van der Waals surface area (Å²) < 4.78 is 13.4. The lowest BCUT2D eigenvalue weighted by Gasteiger charge is -2.01. The lowest BCUT2D eigenvalue weighted by Crippen LogP contribution is -2.13. The third-order valence-corrected chi connectivity index (χ3v) is 4.80. The Balaban J connectivity index is 2.01. The SMILES string of the molecule is COCCN=c1scc(-c2ccco2)n1N=Cc1ccccc1Br. The molecule has 0 bridgehead atoms. The summed E-state index contributed by atoms with van der Waals surface area (Å²) in [5, 5.41) is 6.60. The highest BCUT2D eigenvalue weighted by Gasteiger charge is 2.09. The number of hydrogen-bond acceptors (Lipinski definition) is 5. The van der Waals surface area contributed by atoms with E-state index in [4.69, 9.17) is 9.15 Å². The predicted octanol–water partition coefficient (Wildman–Crippen LogP) is 4.00. The van der Waals surface area contributed by atoms with Gasteiger partial charge >= 0.3 is 0 Å². The van der Waals surface area contributed by atoms with Crippen LogP contribution in [-0.4, -0.2) is 31.2 Å². The molecule has 0 saturated carbocycles. The van der Waals surface area contributed by atoms with Gasteiger partial charge in [-0.15, -0.1) is 11.3 Å². The first-order chi connectivity index (χ1) is 11.8. The number of methoxy groups -OCH3 is 1. The summed E-state index contributed by atoms with van der Waals surface area (Å²) in [6, 6.07) is 11.7. The molecule has 24 heavy (non-hydrogen) atoms. The molecule has 5 nitrogen and oxygen atoms in total. The second kappa shape index (κ2) is 8.23. The Bertz CT molecular complexity index is 881. The van der Waals surface area contributed by atoms with Crippen LogP contribution in [0, 0.1) is 0 Å². The molecule has 3 rings (SSSR count). The van der Waals surface area contributed by atoms with Gasteiger partial charge in [0.1, 0.15) is 5.69 Å². The van der Waals surface area contributed by atoms with Gasteiger partial charge in [-0.2, -0.15) is 5.10 Å². The Labute approximate surface area is 152 Å². The summed E-state index contributed by atoms with van der Waals surface area (Å²) in [5.74, 6) is 0.753. The van der Waals surface area contributed by atoms with E-state index in [1.165, 1.54) is 11.3 Å². The van der Waals surface area contributed by atoms with E-state index in [1.807, 2.05) is 41.8 Å². The standard InChI is InChI=1S/C17H16BrN3O2S/c1-22-10-8-19-17-21(15(12-24-17)16-7-4-9-23-16)20-11-13-5-2-3-6-14(13)18/h2-7,9,11-12H,8,10H2,1H3. The lowest BCUT2D eigenvalue weighted by atomic mass is 10.2. The first-order valence-electron chi connectivity index (χ1n) is 7.32. The maximum Gasteiger partial charge on any atom is 0.206 e. The number of nitrogens with zero attached hydrogens (tertiary/aromatic N) is 3. The van der Waals surface area contributed by atoms with Crippen molar-refractivity contribution in [3.63, 3.8) is 0 Å². The fourth-order valence-corrected chi connectivity index (χ4v) is 3.28. The largest absolute Gasteiger partial charge is 0.463 e. The van der Waals surface area contributed by atoms with Crippen LogP contribution >= 0.6 is 27.3 Å². The van der Waals surface area contributed by atoms with Crippen molar-refractivity contribution in [2.24, 2.45) is 10.1 Å². The maximum atomic E-state index is 5.51. The number of hydrogen-bond donors (Lipinski definition) is 0. The Morgan fingerprint density at radius 3 is 2.92 bits per heavy atom. The van der Waals surface area contributed by atoms with Crippen molar-refractivity contribution in [2.45, 2.75) is 0 Å². The molecule has 124 valence electrons. The molecule has 0 aliphatic rings. The second-order valence-corrected chi connectivity index (χ2v) is 6.52. The van der Waals surface area contributed by atoms with Gasteiger partial charge in [-0.3, -0.25) is 4.99 Å². The molecule has 0 spiro atoms.